The molecule has 0 heterocycles. The second-order valence-corrected chi connectivity index (χ2v) is 5.23. The zero-order valence-electron chi connectivity index (χ0n) is 11.3. The van der Waals surface area contributed by atoms with E-state index in [1.54, 1.807) is 25.1 Å². The monoisotopic (exact) mass is 279 g/mol. The number of halogens is 1. The molecule has 0 saturated heterocycles. The molecule has 1 aromatic carbocycles. The van der Waals surface area contributed by atoms with Gasteiger partial charge in [-0.3, -0.25) is 9.59 Å². The van der Waals surface area contributed by atoms with E-state index in [9.17, 15) is 14.0 Å². The van der Waals surface area contributed by atoms with Crippen molar-refractivity contribution in [2.24, 2.45) is 11.8 Å². The van der Waals surface area contributed by atoms with Gasteiger partial charge in [-0.2, -0.15) is 0 Å². The Hall–Kier alpha value is -1.91. The van der Waals surface area contributed by atoms with Crippen LogP contribution in [-0.2, 0) is 9.59 Å². The molecule has 0 unspecified atom stereocenters. The molecular weight excluding hydrogens is 261 g/mol. The minimum Gasteiger partial charge on any atom is -0.481 e. The third kappa shape index (κ3) is 2.98. The van der Waals surface area contributed by atoms with Gasteiger partial charge in [0.05, 0.1) is 17.9 Å². The van der Waals surface area contributed by atoms with Crippen LogP contribution in [0.2, 0.25) is 0 Å². The third-order valence-corrected chi connectivity index (χ3v) is 3.90. The highest BCUT2D eigenvalue weighted by Crippen LogP contribution is 2.32. The summed E-state index contributed by atoms with van der Waals surface area (Å²) in [5.41, 5.74) is 0.408. The standard InChI is InChI=1S/C15H18FNO3/c1-9(10-5-2-3-8-13(10)16)17-14(18)11-6-4-7-12(11)15(19)20/h2-3,5,8-9,11-12H,4,6-7H2,1H3,(H,17,18)(H,19,20)/t9-,11+,12-/m0/s1. The Kier molecular flexibility index (Phi) is 4.37. The predicted octanol–water partition coefficient (Wildman–Crippen LogP) is 2.50. The van der Waals surface area contributed by atoms with Crippen LogP contribution in [0.4, 0.5) is 4.39 Å². The van der Waals surface area contributed by atoms with Crippen LogP contribution in [-0.4, -0.2) is 17.0 Å². The molecule has 0 aliphatic heterocycles. The van der Waals surface area contributed by atoms with Crippen LogP contribution in [0.25, 0.3) is 0 Å². The van der Waals surface area contributed by atoms with E-state index in [2.05, 4.69) is 5.32 Å². The fourth-order valence-corrected chi connectivity index (χ4v) is 2.79. The van der Waals surface area contributed by atoms with Gasteiger partial charge in [0.1, 0.15) is 5.82 Å². The van der Waals surface area contributed by atoms with Crippen LogP contribution < -0.4 is 5.32 Å². The summed E-state index contributed by atoms with van der Waals surface area (Å²) < 4.78 is 13.6. The van der Waals surface area contributed by atoms with Crippen molar-refractivity contribution in [3.8, 4) is 0 Å². The smallest absolute Gasteiger partial charge is 0.307 e. The van der Waals surface area contributed by atoms with Gasteiger partial charge in [0, 0.05) is 5.56 Å². The number of benzene rings is 1. The maximum absolute atomic E-state index is 13.6. The maximum atomic E-state index is 13.6. The Morgan fingerprint density at radius 1 is 1.30 bits per heavy atom. The van der Waals surface area contributed by atoms with E-state index in [0.717, 1.165) is 6.42 Å². The highest BCUT2D eigenvalue weighted by atomic mass is 19.1. The molecule has 1 saturated carbocycles. The molecule has 1 fully saturated rings. The number of carbonyl (C=O) groups excluding carboxylic acids is 1. The van der Waals surface area contributed by atoms with Gasteiger partial charge in [-0.25, -0.2) is 4.39 Å². The highest BCUT2D eigenvalue weighted by Gasteiger charge is 2.38. The first-order chi connectivity index (χ1) is 9.50. The molecular formula is C15H18FNO3. The quantitative estimate of drug-likeness (QED) is 0.890. The van der Waals surface area contributed by atoms with E-state index < -0.39 is 23.8 Å². The zero-order chi connectivity index (χ0) is 14.7. The van der Waals surface area contributed by atoms with Crippen LogP contribution in [0.5, 0.6) is 0 Å². The second kappa shape index (κ2) is 6.03. The Morgan fingerprint density at radius 2 is 1.95 bits per heavy atom. The molecule has 1 amide bonds. The van der Waals surface area contributed by atoms with E-state index >= 15 is 0 Å². The molecule has 0 bridgehead atoms. The summed E-state index contributed by atoms with van der Waals surface area (Å²) in [6.07, 6.45) is 1.84. The van der Waals surface area contributed by atoms with Gasteiger partial charge in [0.2, 0.25) is 5.91 Å². The van der Waals surface area contributed by atoms with Gasteiger partial charge in [0.15, 0.2) is 0 Å². The number of carboxylic acid groups (broad SMARTS) is 1. The molecule has 3 atom stereocenters. The van der Waals surface area contributed by atoms with Gasteiger partial charge in [-0.15, -0.1) is 0 Å². The number of amides is 1. The Bertz CT molecular complexity index is 518. The normalized spacial score (nSPS) is 23.3. The van der Waals surface area contributed by atoms with Crippen molar-refractivity contribution in [1.82, 2.24) is 5.32 Å². The van der Waals surface area contributed by atoms with Crippen LogP contribution in [0.3, 0.4) is 0 Å². The van der Waals surface area contributed by atoms with Gasteiger partial charge in [0.25, 0.3) is 0 Å². The van der Waals surface area contributed by atoms with Crippen molar-refractivity contribution in [1.29, 1.82) is 0 Å². The first kappa shape index (κ1) is 14.5. The molecule has 2 N–H and O–H groups in total. The minimum absolute atomic E-state index is 0.300. The van der Waals surface area contributed by atoms with Crippen molar-refractivity contribution in [2.75, 3.05) is 0 Å². The largest absolute Gasteiger partial charge is 0.481 e. The van der Waals surface area contributed by atoms with Crippen molar-refractivity contribution >= 4 is 11.9 Å². The summed E-state index contributed by atoms with van der Waals surface area (Å²) >= 11 is 0. The fourth-order valence-electron chi connectivity index (χ4n) is 2.79. The summed E-state index contributed by atoms with van der Waals surface area (Å²) in [7, 11) is 0. The van der Waals surface area contributed by atoms with E-state index in [1.165, 1.54) is 6.07 Å². The van der Waals surface area contributed by atoms with Gasteiger partial charge in [-0.05, 0) is 25.8 Å². The number of carbonyl (C=O) groups is 2. The van der Waals surface area contributed by atoms with Crippen molar-refractivity contribution in [3.05, 3.63) is 35.6 Å². The summed E-state index contributed by atoms with van der Waals surface area (Å²) in [4.78, 5) is 23.2. The molecule has 0 radical (unpaired) electrons. The van der Waals surface area contributed by atoms with E-state index in [4.69, 9.17) is 5.11 Å². The average Bonchev–Trinajstić information content (AvgIpc) is 2.88. The number of rotatable bonds is 4. The molecule has 108 valence electrons. The van der Waals surface area contributed by atoms with E-state index in [0.29, 0.717) is 18.4 Å². The van der Waals surface area contributed by atoms with Crippen LogP contribution >= 0.6 is 0 Å². The lowest BCUT2D eigenvalue weighted by Gasteiger charge is -2.20. The topological polar surface area (TPSA) is 66.4 Å². The predicted molar refractivity (Wildman–Crippen MR) is 71.4 cm³/mol. The van der Waals surface area contributed by atoms with Crippen LogP contribution in [0, 0.1) is 17.7 Å². The van der Waals surface area contributed by atoms with E-state index in [1.807, 2.05) is 0 Å². The number of nitrogens with one attached hydrogen (secondary N) is 1. The molecule has 1 aliphatic carbocycles. The highest BCUT2D eigenvalue weighted by molar-refractivity contribution is 5.85. The van der Waals surface area contributed by atoms with Gasteiger partial charge < -0.3 is 10.4 Å². The zero-order valence-corrected chi connectivity index (χ0v) is 11.3. The van der Waals surface area contributed by atoms with E-state index in [-0.39, 0.29) is 11.7 Å². The first-order valence-corrected chi connectivity index (χ1v) is 6.78. The van der Waals surface area contributed by atoms with Crippen LogP contribution in [0.1, 0.15) is 37.8 Å². The van der Waals surface area contributed by atoms with Crippen molar-refractivity contribution in [2.45, 2.75) is 32.2 Å². The lowest BCUT2D eigenvalue weighted by atomic mass is 9.94. The molecule has 1 aromatic rings. The summed E-state index contributed by atoms with van der Waals surface area (Å²) in [5.74, 6) is -2.74. The van der Waals surface area contributed by atoms with Gasteiger partial charge >= 0.3 is 5.97 Å². The molecule has 20 heavy (non-hydrogen) atoms. The minimum atomic E-state index is -0.929. The number of hydrogen-bond acceptors (Lipinski definition) is 2. The average molecular weight is 279 g/mol. The Morgan fingerprint density at radius 3 is 2.60 bits per heavy atom. The molecule has 2 rings (SSSR count). The third-order valence-electron chi connectivity index (χ3n) is 3.90. The first-order valence-electron chi connectivity index (χ1n) is 6.78. The second-order valence-electron chi connectivity index (χ2n) is 5.23. The molecule has 4 nitrogen and oxygen atoms in total. The number of carboxylic acids is 1. The molecule has 5 heteroatoms. The number of hydrogen-bond donors (Lipinski definition) is 2. The summed E-state index contributed by atoms with van der Waals surface area (Å²) in [6.45, 7) is 1.70. The van der Waals surface area contributed by atoms with Crippen molar-refractivity contribution < 1.29 is 19.1 Å². The lowest BCUT2D eigenvalue weighted by molar-refractivity contribution is -0.146. The SMILES string of the molecule is C[C@H](NC(=O)[C@@H]1CCC[C@@H]1C(=O)O)c1ccccc1F. The number of aliphatic carboxylic acids is 1. The molecule has 0 spiro atoms. The van der Waals surface area contributed by atoms with Crippen LogP contribution in [0.15, 0.2) is 24.3 Å². The summed E-state index contributed by atoms with van der Waals surface area (Å²) in [5, 5.41) is 11.8. The maximum Gasteiger partial charge on any atom is 0.307 e. The Balaban J connectivity index is 2.04. The molecule has 0 aromatic heterocycles. The summed E-state index contributed by atoms with van der Waals surface area (Å²) in [6, 6.07) is 5.78. The van der Waals surface area contributed by atoms with Crippen molar-refractivity contribution in [3.63, 3.8) is 0 Å². The fraction of sp³-hybridized carbons (Fsp3) is 0.467. The Labute approximate surface area is 117 Å². The molecule has 1 aliphatic rings. The lowest BCUT2D eigenvalue weighted by Crippen LogP contribution is -2.36. The van der Waals surface area contributed by atoms with Gasteiger partial charge in [-0.1, -0.05) is 24.6 Å².